The standard InChI is InChI=1S/C20H24F3NO3S2/c1-2-11-24(12-10-17-6-4-13-28-17)16-8-9-18-15(14-16)5-3-7-19(18)27-29(25,26)20(21,22)23/h3-7,13,16H,2,8-12,14H2,1H3. The van der Waals surface area contributed by atoms with Crippen LogP contribution in [0.5, 0.6) is 5.75 Å². The Balaban J connectivity index is 1.74. The van der Waals surface area contributed by atoms with Gasteiger partial charge in [0.2, 0.25) is 0 Å². The van der Waals surface area contributed by atoms with E-state index >= 15 is 0 Å². The number of fused-ring (bicyclic) bond motifs is 1. The molecular formula is C20H24F3NO3S2. The second kappa shape index (κ2) is 9.06. The van der Waals surface area contributed by atoms with Crippen molar-refractivity contribution in [3.63, 3.8) is 0 Å². The van der Waals surface area contributed by atoms with Gasteiger partial charge in [0, 0.05) is 17.5 Å². The van der Waals surface area contributed by atoms with Gasteiger partial charge in [-0.25, -0.2) is 0 Å². The SMILES string of the molecule is CCCN(CCc1cccs1)C1CCc2c(cccc2OS(=O)(=O)C(F)(F)F)C1. The lowest BCUT2D eigenvalue weighted by Gasteiger charge is -2.35. The van der Waals surface area contributed by atoms with Gasteiger partial charge in [-0.1, -0.05) is 25.1 Å². The van der Waals surface area contributed by atoms with Crippen molar-refractivity contribution in [2.75, 3.05) is 13.1 Å². The third-order valence-corrected chi connectivity index (χ3v) is 7.05. The minimum atomic E-state index is -5.67. The van der Waals surface area contributed by atoms with Crippen molar-refractivity contribution in [1.29, 1.82) is 0 Å². The van der Waals surface area contributed by atoms with Crippen molar-refractivity contribution in [1.82, 2.24) is 4.90 Å². The van der Waals surface area contributed by atoms with E-state index in [-0.39, 0.29) is 11.8 Å². The Morgan fingerprint density at radius 1 is 1.21 bits per heavy atom. The van der Waals surface area contributed by atoms with Gasteiger partial charge >= 0.3 is 15.6 Å². The third kappa shape index (κ3) is 5.32. The van der Waals surface area contributed by atoms with E-state index in [1.807, 2.05) is 12.1 Å². The highest BCUT2D eigenvalue weighted by Crippen LogP contribution is 2.35. The molecule has 9 heteroatoms. The summed E-state index contributed by atoms with van der Waals surface area (Å²) in [6.07, 6.45) is 3.89. The third-order valence-electron chi connectivity index (χ3n) is 5.15. The second-order valence-corrected chi connectivity index (χ2v) is 9.71. The van der Waals surface area contributed by atoms with Crippen molar-refractivity contribution < 1.29 is 25.8 Å². The lowest BCUT2D eigenvalue weighted by molar-refractivity contribution is -0.0500. The maximum absolute atomic E-state index is 12.7. The van der Waals surface area contributed by atoms with Crippen molar-refractivity contribution in [2.24, 2.45) is 0 Å². The van der Waals surface area contributed by atoms with Gasteiger partial charge in [0.25, 0.3) is 0 Å². The van der Waals surface area contributed by atoms with Gasteiger partial charge in [0.15, 0.2) is 0 Å². The monoisotopic (exact) mass is 447 g/mol. The molecule has 1 aliphatic carbocycles. The molecule has 1 unspecified atom stereocenters. The Labute approximate surface area is 173 Å². The Bertz CT molecular complexity index is 912. The predicted molar refractivity (Wildman–Crippen MR) is 108 cm³/mol. The van der Waals surface area contributed by atoms with E-state index < -0.39 is 15.6 Å². The van der Waals surface area contributed by atoms with Crippen LogP contribution < -0.4 is 4.18 Å². The summed E-state index contributed by atoms with van der Waals surface area (Å²) >= 11 is 1.74. The molecule has 0 aliphatic heterocycles. The van der Waals surface area contributed by atoms with E-state index in [9.17, 15) is 21.6 Å². The molecule has 1 aromatic carbocycles. The Hall–Kier alpha value is -1.58. The summed E-state index contributed by atoms with van der Waals surface area (Å²) in [7, 11) is -5.67. The number of nitrogens with zero attached hydrogens (tertiary/aromatic N) is 1. The fourth-order valence-corrected chi connectivity index (χ4v) is 4.97. The average Bonchev–Trinajstić information content (AvgIpc) is 3.17. The second-order valence-electron chi connectivity index (χ2n) is 7.14. The van der Waals surface area contributed by atoms with Gasteiger partial charge in [-0.05, 0) is 67.3 Å². The fourth-order valence-electron chi connectivity index (χ4n) is 3.78. The van der Waals surface area contributed by atoms with Crippen molar-refractivity contribution in [3.8, 4) is 5.75 Å². The Morgan fingerprint density at radius 3 is 2.66 bits per heavy atom. The molecule has 0 spiro atoms. The fraction of sp³-hybridized carbons (Fsp3) is 0.500. The van der Waals surface area contributed by atoms with E-state index in [0.29, 0.717) is 18.4 Å². The summed E-state index contributed by atoms with van der Waals surface area (Å²) in [5.41, 5.74) is -4.02. The molecule has 3 rings (SSSR count). The maximum atomic E-state index is 12.7. The number of thiophene rings is 1. The molecule has 0 saturated heterocycles. The van der Waals surface area contributed by atoms with Crippen LogP contribution in [0.1, 0.15) is 35.8 Å². The molecule has 1 aliphatic rings. The normalized spacial score (nSPS) is 17.3. The first-order chi connectivity index (χ1) is 13.7. The van der Waals surface area contributed by atoms with Crippen molar-refractivity contribution >= 4 is 21.5 Å². The Kier molecular flexibility index (Phi) is 6.90. The molecule has 0 bridgehead atoms. The van der Waals surface area contributed by atoms with Crippen LogP contribution in [0.3, 0.4) is 0 Å². The molecule has 0 N–H and O–H groups in total. The van der Waals surface area contributed by atoms with Gasteiger partial charge < -0.3 is 4.18 Å². The largest absolute Gasteiger partial charge is 0.534 e. The van der Waals surface area contributed by atoms with E-state index in [4.69, 9.17) is 0 Å². The summed E-state index contributed by atoms with van der Waals surface area (Å²) in [6, 6.07) is 9.13. The first kappa shape index (κ1) is 22.1. The predicted octanol–water partition coefficient (Wildman–Crippen LogP) is 4.79. The van der Waals surface area contributed by atoms with Crippen LogP contribution in [0.25, 0.3) is 0 Å². The number of benzene rings is 1. The van der Waals surface area contributed by atoms with Crippen LogP contribution in [0.2, 0.25) is 0 Å². The van der Waals surface area contributed by atoms with E-state index in [0.717, 1.165) is 37.9 Å². The molecule has 1 atom stereocenters. The van der Waals surface area contributed by atoms with Gasteiger partial charge in [0.1, 0.15) is 5.75 Å². The molecule has 4 nitrogen and oxygen atoms in total. The number of rotatable bonds is 8. The number of hydrogen-bond acceptors (Lipinski definition) is 5. The summed E-state index contributed by atoms with van der Waals surface area (Å²) in [6.45, 7) is 4.00. The molecule has 1 aromatic heterocycles. The van der Waals surface area contributed by atoms with Crippen molar-refractivity contribution in [2.45, 2.75) is 50.6 Å². The van der Waals surface area contributed by atoms with Crippen LogP contribution in [-0.4, -0.2) is 38.0 Å². The summed E-state index contributed by atoms with van der Waals surface area (Å²) < 4.78 is 65.3. The highest BCUT2D eigenvalue weighted by molar-refractivity contribution is 7.88. The first-order valence-electron chi connectivity index (χ1n) is 9.59. The number of alkyl halides is 3. The molecule has 1 heterocycles. The zero-order chi connectivity index (χ0) is 21.1. The van der Waals surface area contributed by atoms with Crippen LogP contribution in [0.4, 0.5) is 13.2 Å². The molecular weight excluding hydrogens is 423 g/mol. The summed E-state index contributed by atoms with van der Waals surface area (Å²) in [5, 5.41) is 2.06. The van der Waals surface area contributed by atoms with Crippen LogP contribution >= 0.6 is 11.3 Å². The highest BCUT2D eigenvalue weighted by atomic mass is 32.2. The summed E-state index contributed by atoms with van der Waals surface area (Å²) in [4.78, 5) is 3.76. The average molecular weight is 448 g/mol. The first-order valence-corrected chi connectivity index (χ1v) is 11.9. The zero-order valence-corrected chi connectivity index (χ0v) is 17.7. The number of hydrogen-bond donors (Lipinski definition) is 0. The van der Waals surface area contributed by atoms with Gasteiger partial charge in [-0.15, -0.1) is 11.3 Å². The zero-order valence-electron chi connectivity index (χ0n) is 16.1. The molecule has 0 amide bonds. The molecule has 2 aromatic rings. The van der Waals surface area contributed by atoms with Gasteiger partial charge in [-0.2, -0.15) is 21.6 Å². The smallest absolute Gasteiger partial charge is 0.376 e. The minimum Gasteiger partial charge on any atom is -0.376 e. The van der Waals surface area contributed by atoms with Crippen LogP contribution in [0.15, 0.2) is 35.7 Å². The molecule has 0 saturated carbocycles. The van der Waals surface area contributed by atoms with E-state index in [1.165, 1.54) is 10.9 Å². The Morgan fingerprint density at radius 2 is 2.00 bits per heavy atom. The van der Waals surface area contributed by atoms with Gasteiger partial charge in [0.05, 0.1) is 0 Å². The van der Waals surface area contributed by atoms with Crippen LogP contribution in [0, 0.1) is 0 Å². The molecule has 0 fully saturated rings. The minimum absolute atomic E-state index is 0.209. The highest BCUT2D eigenvalue weighted by Gasteiger charge is 2.49. The van der Waals surface area contributed by atoms with E-state index in [2.05, 4.69) is 27.5 Å². The van der Waals surface area contributed by atoms with Crippen molar-refractivity contribution in [3.05, 3.63) is 51.7 Å². The molecule has 160 valence electrons. The van der Waals surface area contributed by atoms with Gasteiger partial charge in [-0.3, -0.25) is 4.90 Å². The van der Waals surface area contributed by atoms with E-state index in [1.54, 1.807) is 17.4 Å². The molecule has 29 heavy (non-hydrogen) atoms. The molecule has 0 radical (unpaired) electrons. The lowest BCUT2D eigenvalue weighted by atomic mass is 9.86. The van der Waals surface area contributed by atoms with Crippen LogP contribution in [-0.2, 0) is 29.4 Å². The maximum Gasteiger partial charge on any atom is 0.534 e. The topological polar surface area (TPSA) is 46.6 Å². The summed E-state index contributed by atoms with van der Waals surface area (Å²) in [5.74, 6) is -0.209. The lowest BCUT2D eigenvalue weighted by Crippen LogP contribution is -2.41. The number of halogens is 3. The quantitative estimate of drug-likeness (QED) is 0.431.